The van der Waals surface area contributed by atoms with E-state index >= 15 is 0 Å². The van der Waals surface area contributed by atoms with E-state index in [2.05, 4.69) is 10.6 Å². The Morgan fingerprint density at radius 2 is 1.95 bits per heavy atom. The maximum absolute atomic E-state index is 12.2. The molecular formula is C14H13ClN2OS. The van der Waals surface area contributed by atoms with E-state index in [0.29, 0.717) is 16.6 Å². The van der Waals surface area contributed by atoms with E-state index < -0.39 is 0 Å². The molecule has 1 heterocycles. The average molecular weight is 293 g/mol. The van der Waals surface area contributed by atoms with Gasteiger partial charge in [-0.1, -0.05) is 23.7 Å². The summed E-state index contributed by atoms with van der Waals surface area (Å²) in [7, 11) is 0. The quantitative estimate of drug-likeness (QED) is 0.781. The van der Waals surface area contributed by atoms with E-state index in [1.54, 1.807) is 0 Å². The van der Waals surface area contributed by atoms with Crippen molar-refractivity contribution in [2.75, 3.05) is 0 Å². The number of hydrogen-bond acceptors (Lipinski definition) is 2. The highest BCUT2D eigenvalue weighted by Crippen LogP contribution is 2.33. The molecule has 1 atom stereocenters. The summed E-state index contributed by atoms with van der Waals surface area (Å²) < 4.78 is 0. The molecule has 0 radical (unpaired) electrons. The minimum atomic E-state index is -0.159. The van der Waals surface area contributed by atoms with Crippen molar-refractivity contribution in [3.8, 4) is 0 Å². The Bertz CT molecular complexity index is 580. The molecule has 0 spiro atoms. The summed E-state index contributed by atoms with van der Waals surface area (Å²) in [6.45, 7) is 0. The van der Waals surface area contributed by atoms with Crippen molar-refractivity contribution in [2.45, 2.75) is 25.3 Å². The van der Waals surface area contributed by atoms with Crippen LogP contribution in [0.3, 0.4) is 0 Å². The first-order valence-electron chi connectivity index (χ1n) is 6.24. The topological polar surface area (TPSA) is 41.1 Å². The molecule has 5 heteroatoms. The fourth-order valence-electron chi connectivity index (χ4n) is 2.61. The van der Waals surface area contributed by atoms with Crippen LogP contribution < -0.4 is 10.6 Å². The largest absolute Gasteiger partial charge is 0.351 e. The van der Waals surface area contributed by atoms with Crippen LogP contribution in [0, 0.1) is 0 Å². The Kier molecular flexibility index (Phi) is 3.29. The van der Waals surface area contributed by atoms with Crippen LogP contribution in [0.1, 0.15) is 30.9 Å². The molecule has 2 N–H and O–H groups in total. The normalized spacial score (nSPS) is 22.7. The smallest absolute Gasteiger partial charge is 0.171 e. The predicted molar refractivity (Wildman–Crippen MR) is 78.9 cm³/mol. The van der Waals surface area contributed by atoms with Crippen LogP contribution in [0.4, 0.5) is 0 Å². The number of rotatable bonds is 1. The molecule has 3 nitrogen and oxygen atoms in total. The van der Waals surface area contributed by atoms with E-state index in [-0.39, 0.29) is 11.8 Å². The number of carbonyl (C=O) groups is 1. The standard InChI is InChI=1S/C14H13ClN2OS/c15-9-6-4-8(5-7-9)13-12-10(16-14(19)17-13)2-1-3-11(12)18/h4-7,13H,1-3H2,(H2,16,17,19)/t13-/m1/s1. The molecule has 0 saturated heterocycles. The van der Waals surface area contributed by atoms with Gasteiger partial charge in [0, 0.05) is 22.7 Å². The number of ketones is 1. The zero-order chi connectivity index (χ0) is 13.4. The lowest BCUT2D eigenvalue weighted by Crippen LogP contribution is -2.46. The van der Waals surface area contributed by atoms with Gasteiger partial charge in [-0.3, -0.25) is 4.79 Å². The van der Waals surface area contributed by atoms with E-state index in [1.807, 2.05) is 24.3 Å². The molecule has 0 aromatic heterocycles. The lowest BCUT2D eigenvalue weighted by Gasteiger charge is -2.33. The highest BCUT2D eigenvalue weighted by molar-refractivity contribution is 7.80. The average Bonchev–Trinajstić information content (AvgIpc) is 2.38. The highest BCUT2D eigenvalue weighted by Gasteiger charge is 2.32. The van der Waals surface area contributed by atoms with Crippen molar-refractivity contribution in [1.82, 2.24) is 10.6 Å². The zero-order valence-electron chi connectivity index (χ0n) is 10.2. The lowest BCUT2D eigenvalue weighted by atomic mass is 9.85. The summed E-state index contributed by atoms with van der Waals surface area (Å²) >= 11 is 11.1. The van der Waals surface area contributed by atoms with Crippen molar-refractivity contribution < 1.29 is 4.79 Å². The monoisotopic (exact) mass is 292 g/mol. The van der Waals surface area contributed by atoms with E-state index in [0.717, 1.165) is 29.7 Å². The van der Waals surface area contributed by atoms with Gasteiger partial charge in [-0.2, -0.15) is 0 Å². The van der Waals surface area contributed by atoms with Crippen LogP contribution in [-0.2, 0) is 4.79 Å². The molecule has 0 bridgehead atoms. The Morgan fingerprint density at radius 3 is 2.68 bits per heavy atom. The number of Topliss-reactive ketones (excluding diaryl/α,β-unsaturated/α-hetero) is 1. The van der Waals surface area contributed by atoms with Gasteiger partial charge in [0.05, 0.1) is 6.04 Å². The lowest BCUT2D eigenvalue weighted by molar-refractivity contribution is -0.116. The fourth-order valence-corrected chi connectivity index (χ4v) is 2.98. The Hall–Kier alpha value is -1.39. The summed E-state index contributed by atoms with van der Waals surface area (Å²) in [6, 6.07) is 7.36. The fraction of sp³-hybridized carbons (Fsp3) is 0.286. The number of halogens is 1. The second-order valence-electron chi connectivity index (χ2n) is 4.75. The van der Waals surface area contributed by atoms with Gasteiger partial charge < -0.3 is 10.6 Å². The molecule has 0 saturated carbocycles. The van der Waals surface area contributed by atoms with Crippen LogP contribution in [0.5, 0.6) is 0 Å². The van der Waals surface area contributed by atoms with Gasteiger partial charge in [-0.25, -0.2) is 0 Å². The van der Waals surface area contributed by atoms with Gasteiger partial charge in [0.15, 0.2) is 10.9 Å². The van der Waals surface area contributed by atoms with E-state index in [9.17, 15) is 4.79 Å². The highest BCUT2D eigenvalue weighted by atomic mass is 35.5. The minimum Gasteiger partial charge on any atom is -0.351 e. The summed E-state index contributed by atoms with van der Waals surface area (Å²) in [6.07, 6.45) is 2.38. The van der Waals surface area contributed by atoms with Crippen LogP contribution >= 0.6 is 23.8 Å². The number of allylic oxidation sites excluding steroid dienone is 1. The van der Waals surface area contributed by atoms with Crippen LogP contribution in [-0.4, -0.2) is 10.9 Å². The van der Waals surface area contributed by atoms with Gasteiger partial charge in [-0.05, 0) is 42.8 Å². The van der Waals surface area contributed by atoms with Gasteiger partial charge in [0.1, 0.15) is 0 Å². The Balaban J connectivity index is 2.05. The van der Waals surface area contributed by atoms with E-state index in [4.69, 9.17) is 23.8 Å². The van der Waals surface area contributed by atoms with Crippen molar-refractivity contribution in [3.05, 3.63) is 46.1 Å². The molecule has 19 heavy (non-hydrogen) atoms. The first-order chi connectivity index (χ1) is 9.15. The summed E-state index contributed by atoms with van der Waals surface area (Å²) in [5.41, 5.74) is 2.80. The predicted octanol–water partition coefficient (Wildman–Crippen LogP) is 2.87. The molecule has 0 unspecified atom stereocenters. The van der Waals surface area contributed by atoms with Gasteiger partial charge in [0.25, 0.3) is 0 Å². The number of nitrogens with one attached hydrogen (secondary N) is 2. The molecule has 0 fully saturated rings. The third kappa shape index (κ3) is 2.38. The molecule has 0 amide bonds. The third-order valence-electron chi connectivity index (χ3n) is 3.49. The Morgan fingerprint density at radius 1 is 1.21 bits per heavy atom. The number of thiocarbonyl (C=S) groups is 1. The van der Waals surface area contributed by atoms with Crippen LogP contribution in [0.25, 0.3) is 0 Å². The minimum absolute atomic E-state index is 0.159. The number of carbonyl (C=O) groups excluding carboxylic acids is 1. The molecule has 2 aliphatic rings. The van der Waals surface area contributed by atoms with Gasteiger partial charge >= 0.3 is 0 Å². The zero-order valence-corrected chi connectivity index (χ0v) is 11.8. The van der Waals surface area contributed by atoms with Crippen molar-refractivity contribution >= 4 is 34.7 Å². The molecule has 1 aromatic carbocycles. The maximum atomic E-state index is 12.2. The Labute approximate surface area is 122 Å². The summed E-state index contributed by atoms with van der Waals surface area (Å²) in [5, 5.41) is 7.56. The van der Waals surface area contributed by atoms with Crippen molar-refractivity contribution in [1.29, 1.82) is 0 Å². The molecular weight excluding hydrogens is 280 g/mol. The second kappa shape index (κ2) is 4.94. The van der Waals surface area contributed by atoms with Crippen molar-refractivity contribution in [2.24, 2.45) is 0 Å². The van der Waals surface area contributed by atoms with E-state index in [1.165, 1.54) is 0 Å². The van der Waals surface area contributed by atoms with Crippen LogP contribution in [0.15, 0.2) is 35.5 Å². The van der Waals surface area contributed by atoms with Gasteiger partial charge in [0.2, 0.25) is 0 Å². The molecule has 1 aromatic rings. The SMILES string of the molecule is O=C1CCCC2=C1[C@@H](c1ccc(Cl)cc1)NC(=S)N2. The molecule has 1 aliphatic carbocycles. The van der Waals surface area contributed by atoms with Crippen molar-refractivity contribution in [3.63, 3.8) is 0 Å². The van der Waals surface area contributed by atoms with Gasteiger partial charge in [-0.15, -0.1) is 0 Å². The maximum Gasteiger partial charge on any atom is 0.171 e. The second-order valence-corrected chi connectivity index (χ2v) is 5.60. The summed E-state index contributed by atoms with van der Waals surface area (Å²) in [4.78, 5) is 12.2. The first kappa shape index (κ1) is 12.6. The number of benzene rings is 1. The molecule has 3 rings (SSSR count). The van der Waals surface area contributed by atoms with Crippen LogP contribution in [0.2, 0.25) is 5.02 Å². The third-order valence-corrected chi connectivity index (χ3v) is 3.96. The molecule has 1 aliphatic heterocycles. The number of hydrogen-bond donors (Lipinski definition) is 2. The molecule has 98 valence electrons. The first-order valence-corrected chi connectivity index (χ1v) is 7.03. The summed E-state index contributed by atoms with van der Waals surface area (Å²) in [5.74, 6) is 0.198.